The van der Waals surface area contributed by atoms with E-state index < -0.39 is 29.7 Å². The molecule has 0 spiro atoms. The van der Waals surface area contributed by atoms with Gasteiger partial charge in [-0.15, -0.1) is 0 Å². The van der Waals surface area contributed by atoms with E-state index in [2.05, 4.69) is 5.32 Å². The number of hydrogen-bond donors (Lipinski definition) is 2. The van der Waals surface area contributed by atoms with E-state index in [9.17, 15) is 22.8 Å². The van der Waals surface area contributed by atoms with Gasteiger partial charge in [-0.1, -0.05) is 41.4 Å². The highest BCUT2D eigenvalue weighted by atomic mass is 35.5. The Bertz CT molecular complexity index is 854. The van der Waals surface area contributed by atoms with Crippen molar-refractivity contribution in [3.05, 3.63) is 69.2 Å². The maximum atomic E-state index is 12.6. The highest BCUT2D eigenvalue weighted by molar-refractivity contribution is 6.35. The molecule has 1 atom stereocenters. The molecule has 0 radical (unpaired) electrons. The molecule has 0 bridgehead atoms. The normalized spacial score (nSPS) is 12.5. The standard InChI is InChI=1S/C19H16Cl2F3NO3/c20-14-6-3-12(16(21)9-14)8-17(26)25-15(10-18(27)28)7-11-1-4-13(5-2-11)19(22,23)24/h1-6,9,15H,7-8,10H2,(H,25,26)(H,27,28)/t15-/m0/s1. The molecular formula is C19H16Cl2F3NO3. The maximum absolute atomic E-state index is 12.6. The Morgan fingerprint density at radius 2 is 1.71 bits per heavy atom. The third-order valence-corrected chi connectivity index (χ3v) is 4.50. The molecule has 2 N–H and O–H groups in total. The molecule has 2 aromatic rings. The van der Waals surface area contributed by atoms with Crippen LogP contribution in [0.2, 0.25) is 10.0 Å². The summed E-state index contributed by atoms with van der Waals surface area (Å²) in [6.45, 7) is 0. The van der Waals surface area contributed by atoms with Crippen molar-refractivity contribution >= 4 is 35.1 Å². The number of nitrogens with one attached hydrogen (secondary N) is 1. The topological polar surface area (TPSA) is 66.4 Å². The SMILES string of the molecule is O=C(O)C[C@H](Cc1ccc(C(F)(F)F)cc1)NC(=O)Cc1ccc(Cl)cc1Cl. The molecule has 0 aliphatic rings. The molecule has 0 heterocycles. The minimum atomic E-state index is -4.45. The van der Waals surface area contributed by atoms with Crippen LogP contribution < -0.4 is 5.32 Å². The summed E-state index contributed by atoms with van der Waals surface area (Å²) in [5, 5.41) is 12.4. The van der Waals surface area contributed by atoms with Crippen molar-refractivity contribution in [1.82, 2.24) is 5.32 Å². The smallest absolute Gasteiger partial charge is 0.416 e. The predicted molar refractivity (Wildman–Crippen MR) is 99.5 cm³/mol. The van der Waals surface area contributed by atoms with Crippen molar-refractivity contribution in [2.45, 2.75) is 31.5 Å². The highest BCUT2D eigenvalue weighted by Gasteiger charge is 2.30. The maximum Gasteiger partial charge on any atom is 0.416 e. The van der Waals surface area contributed by atoms with Crippen LogP contribution in [-0.2, 0) is 28.6 Å². The zero-order valence-electron chi connectivity index (χ0n) is 14.4. The summed E-state index contributed by atoms with van der Waals surface area (Å²) >= 11 is 11.8. The second-order valence-electron chi connectivity index (χ2n) is 6.17. The Kier molecular flexibility index (Phi) is 7.32. The molecule has 0 fully saturated rings. The monoisotopic (exact) mass is 433 g/mol. The molecule has 150 valence electrons. The van der Waals surface area contributed by atoms with E-state index in [-0.39, 0.29) is 19.3 Å². The zero-order chi connectivity index (χ0) is 20.9. The van der Waals surface area contributed by atoms with Crippen LogP contribution in [0.4, 0.5) is 13.2 Å². The van der Waals surface area contributed by atoms with E-state index >= 15 is 0 Å². The third-order valence-electron chi connectivity index (χ3n) is 3.92. The molecule has 9 heteroatoms. The van der Waals surface area contributed by atoms with E-state index in [1.165, 1.54) is 18.2 Å². The van der Waals surface area contributed by atoms with Crippen molar-refractivity contribution in [2.75, 3.05) is 0 Å². The lowest BCUT2D eigenvalue weighted by atomic mass is 10.0. The number of carbonyl (C=O) groups is 2. The number of aliphatic carboxylic acids is 1. The molecule has 0 aliphatic heterocycles. The molecule has 0 aliphatic carbocycles. The van der Waals surface area contributed by atoms with Crippen molar-refractivity contribution in [3.63, 3.8) is 0 Å². The molecule has 0 aromatic heterocycles. The lowest BCUT2D eigenvalue weighted by Gasteiger charge is -2.18. The van der Waals surface area contributed by atoms with Crippen LogP contribution >= 0.6 is 23.2 Å². The quantitative estimate of drug-likeness (QED) is 0.661. The Hall–Kier alpha value is -2.25. The summed E-state index contributed by atoms with van der Waals surface area (Å²) in [4.78, 5) is 23.4. The van der Waals surface area contributed by atoms with E-state index in [0.29, 0.717) is 21.2 Å². The van der Waals surface area contributed by atoms with Gasteiger partial charge in [0.15, 0.2) is 0 Å². The fourth-order valence-electron chi connectivity index (χ4n) is 2.62. The van der Waals surface area contributed by atoms with Crippen LogP contribution in [0.25, 0.3) is 0 Å². The van der Waals surface area contributed by atoms with Crippen LogP contribution in [0.1, 0.15) is 23.1 Å². The van der Waals surface area contributed by atoms with Gasteiger partial charge in [0, 0.05) is 16.1 Å². The first-order chi connectivity index (χ1) is 13.0. The minimum Gasteiger partial charge on any atom is -0.481 e. The third kappa shape index (κ3) is 6.73. The van der Waals surface area contributed by atoms with Gasteiger partial charge in [0.1, 0.15) is 0 Å². The fraction of sp³-hybridized carbons (Fsp3) is 0.263. The Balaban J connectivity index is 2.06. The van der Waals surface area contributed by atoms with Gasteiger partial charge in [-0.3, -0.25) is 9.59 Å². The molecule has 0 saturated carbocycles. The van der Waals surface area contributed by atoms with Crippen molar-refractivity contribution in [2.24, 2.45) is 0 Å². The summed E-state index contributed by atoms with van der Waals surface area (Å²) in [6.07, 6.45) is -4.84. The van der Waals surface area contributed by atoms with Crippen molar-refractivity contribution < 1.29 is 27.9 Å². The van der Waals surface area contributed by atoms with Crippen LogP contribution in [0, 0.1) is 0 Å². The summed E-state index contributed by atoms with van der Waals surface area (Å²) in [7, 11) is 0. The number of amides is 1. The molecule has 4 nitrogen and oxygen atoms in total. The average Bonchev–Trinajstić information content (AvgIpc) is 2.56. The van der Waals surface area contributed by atoms with Gasteiger partial charge in [-0.25, -0.2) is 0 Å². The van der Waals surface area contributed by atoms with E-state index in [0.717, 1.165) is 12.1 Å². The number of alkyl halides is 3. The second-order valence-corrected chi connectivity index (χ2v) is 7.02. The first-order valence-corrected chi connectivity index (χ1v) is 8.91. The summed E-state index contributed by atoms with van der Waals surface area (Å²) in [6, 6.07) is 8.24. The van der Waals surface area contributed by atoms with E-state index in [1.54, 1.807) is 12.1 Å². The number of halogens is 5. The van der Waals surface area contributed by atoms with Crippen molar-refractivity contribution in [3.8, 4) is 0 Å². The van der Waals surface area contributed by atoms with Gasteiger partial charge in [0.25, 0.3) is 0 Å². The fourth-order valence-corrected chi connectivity index (χ4v) is 3.09. The number of carboxylic acids is 1. The Morgan fingerprint density at radius 3 is 2.25 bits per heavy atom. The van der Waals surface area contributed by atoms with Gasteiger partial charge in [-0.2, -0.15) is 13.2 Å². The van der Waals surface area contributed by atoms with Crippen LogP contribution in [0.5, 0.6) is 0 Å². The van der Waals surface area contributed by atoms with Crippen LogP contribution in [0.15, 0.2) is 42.5 Å². The molecule has 1 amide bonds. The second kappa shape index (κ2) is 9.30. The number of hydrogen-bond acceptors (Lipinski definition) is 2. The van der Waals surface area contributed by atoms with Gasteiger partial charge in [0.05, 0.1) is 18.4 Å². The highest BCUT2D eigenvalue weighted by Crippen LogP contribution is 2.29. The molecule has 0 saturated heterocycles. The molecule has 2 aromatic carbocycles. The zero-order valence-corrected chi connectivity index (χ0v) is 15.9. The lowest BCUT2D eigenvalue weighted by molar-refractivity contribution is -0.138. The Morgan fingerprint density at radius 1 is 1.07 bits per heavy atom. The summed E-state index contributed by atoms with van der Waals surface area (Å²) in [5.74, 6) is -1.59. The van der Waals surface area contributed by atoms with E-state index in [1.807, 2.05) is 0 Å². The molecule has 2 rings (SSSR count). The number of carboxylic acid groups (broad SMARTS) is 1. The molecule has 0 unspecified atom stereocenters. The van der Waals surface area contributed by atoms with Gasteiger partial charge < -0.3 is 10.4 Å². The first-order valence-electron chi connectivity index (χ1n) is 8.16. The van der Waals surface area contributed by atoms with Crippen molar-refractivity contribution in [1.29, 1.82) is 0 Å². The average molecular weight is 434 g/mol. The van der Waals surface area contributed by atoms with Gasteiger partial charge >= 0.3 is 12.1 Å². The van der Waals surface area contributed by atoms with Crippen LogP contribution in [0.3, 0.4) is 0 Å². The molecular weight excluding hydrogens is 418 g/mol. The Labute approximate surface area is 169 Å². The summed E-state index contributed by atoms with van der Waals surface area (Å²) in [5.41, 5.74) is 0.198. The first kappa shape index (κ1) is 22.0. The lowest BCUT2D eigenvalue weighted by Crippen LogP contribution is -2.39. The largest absolute Gasteiger partial charge is 0.481 e. The predicted octanol–water partition coefficient (Wildman–Crippen LogP) is 4.76. The minimum absolute atomic E-state index is 0.0739. The van der Waals surface area contributed by atoms with Gasteiger partial charge in [-0.05, 0) is 41.8 Å². The molecule has 28 heavy (non-hydrogen) atoms. The van der Waals surface area contributed by atoms with E-state index in [4.69, 9.17) is 28.3 Å². The summed E-state index contributed by atoms with van der Waals surface area (Å²) < 4.78 is 37.9. The number of rotatable bonds is 7. The van der Waals surface area contributed by atoms with Crippen LogP contribution in [-0.4, -0.2) is 23.0 Å². The number of benzene rings is 2. The number of carbonyl (C=O) groups excluding carboxylic acids is 1. The van der Waals surface area contributed by atoms with Gasteiger partial charge in [0.2, 0.25) is 5.91 Å².